The van der Waals surface area contributed by atoms with Crippen molar-refractivity contribution in [1.82, 2.24) is 0 Å². The molecule has 0 unspecified atom stereocenters. The molecule has 0 saturated carbocycles. The van der Waals surface area contributed by atoms with Crippen molar-refractivity contribution in [1.29, 1.82) is 0 Å². The lowest BCUT2D eigenvalue weighted by Gasteiger charge is -2.02. The largest absolute Gasteiger partial charge is 0.269 e. The van der Waals surface area contributed by atoms with E-state index in [2.05, 4.69) is 33.2 Å². The van der Waals surface area contributed by atoms with Crippen LogP contribution in [0.5, 0.6) is 0 Å². The van der Waals surface area contributed by atoms with Gasteiger partial charge in [0.15, 0.2) is 5.84 Å². The zero-order chi connectivity index (χ0) is 15.5. The zero-order valence-corrected chi connectivity index (χ0v) is 14.0. The number of rotatable bonds is 1. The van der Waals surface area contributed by atoms with E-state index in [1.54, 1.807) is 18.4 Å². The van der Waals surface area contributed by atoms with Crippen LogP contribution in [-0.4, -0.2) is 23.9 Å². The van der Waals surface area contributed by atoms with Crippen molar-refractivity contribution in [2.45, 2.75) is 0 Å². The van der Waals surface area contributed by atoms with Crippen LogP contribution in [0, 0.1) is 0 Å². The van der Waals surface area contributed by atoms with Crippen LogP contribution in [0.3, 0.4) is 0 Å². The number of benzene rings is 2. The van der Waals surface area contributed by atoms with E-state index in [0.29, 0.717) is 5.84 Å². The van der Waals surface area contributed by atoms with Crippen LogP contribution in [0.2, 0.25) is 0 Å². The van der Waals surface area contributed by atoms with Gasteiger partial charge in [0.1, 0.15) is 0 Å². The smallest absolute Gasteiger partial charge is 0.225 e. The highest BCUT2D eigenvalue weighted by atomic mass is 35.5. The molecule has 0 amide bonds. The lowest BCUT2D eigenvalue weighted by Crippen LogP contribution is -1.99. The average Bonchev–Trinajstić information content (AvgIpc) is 2.91. The molecule has 0 saturated heterocycles. The summed E-state index contributed by atoms with van der Waals surface area (Å²) in [6.07, 6.45) is 0. The third kappa shape index (κ3) is 2.77. The fourth-order valence-electron chi connectivity index (χ4n) is 2.31. The highest BCUT2D eigenvalue weighted by Crippen LogP contribution is 2.36. The van der Waals surface area contributed by atoms with Gasteiger partial charge in [-0.15, -0.1) is 11.3 Å². The van der Waals surface area contributed by atoms with Gasteiger partial charge in [-0.25, -0.2) is 4.99 Å². The molecular weight excluding hydrogens is 337 g/mol. The zero-order valence-electron chi connectivity index (χ0n) is 11.6. The van der Waals surface area contributed by atoms with E-state index in [1.807, 2.05) is 24.3 Å². The maximum Gasteiger partial charge on any atom is 0.225 e. The highest BCUT2D eigenvalue weighted by Gasteiger charge is 2.12. The Morgan fingerprint density at radius 1 is 1.09 bits per heavy atom. The van der Waals surface area contributed by atoms with E-state index in [0.717, 1.165) is 15.9 Å². The summed E-state index contributed by atoms with van der Waals surface area (Å²) >= 11 is 13.1. The van der Waals surface area contributed by atoms with Crippen LogP contribution in [0.25, 0.3) is 20.2 Å². The van der Waals surface area contributed by atoms with E-state index in [9.17, 15) is 0 Å². The van der Waals surface area contributed by atoms with Gasteiger partial charge < -0.3 is 0 Å². The van der Waals surface area contributed by atoms with Gasteiger partial charge in [-0.1, -0.05) is 41.9 Å². The minimum atomic E-state index is 0.0497. The van der Waals surface area contributed by atoms with E-state index >= 15 is 0 Å². The van der Waals surface area contributed by atoms with E-state index in [4.69, 9.17) is 23.2 Å². The molecule has 0 spiro atoms. The number of amidine groups is 2. The first-order valence-electron chi connectivity index (χ1n) is 6.49. The average molecular weight is 348 g/mol. The Kier molecular flexibility index (Phi) is 4.52. The molecule has 0 N–H and O–H groups in total. The van der Waals surface area contributed by atoms with Gasteiger partial charge in [0.2, 0.25) is 5.29 Å². The van der Waals surface area contributed by atoms with Gasteiger partial charge in [0, 0.05) is 32.8 Å². The topological polar surface area (TPSA) is 37.1 Å². The van der Waals surface area contributed by atoms with Crippen molar-refractivity contribution < 1.29 is 0 Å². The third-order valence-corrected chi connectivity index (χ3v) is 4.71. The Balaban J connectivity index is 2.24. The molecule has 22 heavy (non-hydrogen) atoms. The monoisotopic (exact) mass is 347 g/mol. The molecule has 0 aliphatic heterocycles. The fraction of sp³-hybridized carbons (Fsp3) is 0.0625. The summed E-state index contributed by atoms with van der Waals surface area (Å²) in [4.78, 5) is 12.2. The molecule has 0 aliphatic carbocycles. The number of aliphatic imine (C=N–C) groups is 3. The quantitative estimate of drug-likeness (QED) is 0.325. The fourth-order valence-corrected chi connectivity index (χ4v) is 3.79. The molecule has 1 aromatic heterocycles. The van der Waals surface area contributed by atoms with E-state index in [-0.39, 0.29) is 5.29 Å². The first kappa shape index (κ1) is 15.2. The summed E-state index contributed by atoms with van der Waals surface area (Å²) in [5.41, 5.74) is 2.02. The van der Waals surface area contributed by atoms with E-state index in [1.165, 1.54) is 15.5 Å². The van der Waals surface area contributed by atoms with Crippen molar-refractivity contribution in [2.24, 2.45) is 15.0 Å². The number of hydrogen-bond donors (Lipinski definition) is 0. The maximum absolute atomic E-state index is 5.92. The van der Waals surface area contributed by atoms with Crippen LogP contribution in [0.4, 0.5) is 0 Å². The normalized spacial score (nSPS) is 13.6. The molecular formula is C16H11Cl2N3S. The minimum Gasteiger partial charge on any atom is -0.269 e. The number of fused-ring (bicyclic) bond motifs is 3. The summed E-state index contributed by atoms with van der Waals surface area (Å²) in [7, 11) is 1.68. The molecule has 6 heteroatoms. The second kappa shape index (κ2) is 6.57. The molecule has 3 aromatic rings. The Labute approximate surface area is 141 Å². The number of thiophene rings is 1. The summed E-state index contributed by atoms with van der Waals surface area (Å²) in [5, 5.41) is 2.47. The molecule has 2 aromatic carbocycles. The molecule has 0 fully saturated rings. The minimum absolute atomic E-state index is 0.0497. The van der Waals surface area contributed by atoms with Crippen molar-refractivity contribution >= 4 is 71.5 Å². The summed E-state index contributed by atoms with van der Waals surface area (Å²) < 4.78 is 2.36. The molecule has 3 nitrogen and oxygen atoms in total. The molecule has 3 rings (SSSR count). The SMILES string of the molecule is CN=C(N=C(Cl)N=CCl)c1cccc2c1sc1ccccc12. The second-order valence-electron chi connectivity index (χ2n) is 4.44. The summed E-state index contributed by atoms with van der Waals surface area (Å²) in [6.45, 7) is 0. The van der Waals surface area contributed by atoms with Crippen molar-refractivity contribution in [3.63, 3.8) is 0 Å². The van der Waals surface area contributed by atoms with Gasteiger partial charge in [-0.3, -0.25) is 4.99 Å². The number of hydrogen-bond acceptors (Lipinski definition) is 2. The molecule has 0 atom stereocenters. The molecule has 0 bridgehead atoms. The van der Waals surface area contributed by atoms with Crippen molar-refractivity contribution in [3.05, 3.63) is 48.0 Å². The standard InChI is InChI=1S/C16H11Cl2N3S/c1-19-15(21-16(18)20-9-17)12-7-4-6-11-10-5-2-3-8-13(10)22-14(11)12/h2-9H,1H3. The maximum atomic E-state index is 5.92. The van der Waals surface area contributed by atoms with Crippen LogP contribution in [-0.2, 0) is 0 Å². The Bertz CT molecular complexity index is 925. The molecule has 0 radical (unpaired) electrons. The van der Waals surface area contributed by atoms with Crippen molar-refractivity contribution in [2.75, 3.05) is 7.05 Å². The summed E-state index contributed by atoms with van der Waals surface area (Å²) in [5.74, 6) is 0.532. The van der Waals surface area contributed by atoms with E-state index < -0.39 is 0 Å². The molecule has 1 heterocycles. The second-order valence-corrected chi connectivity index (χ2v) is 6.02. The third-order valence-electron chi connectivity index (χ3n) is 3.21. The lowest BCUT2D eigenvalue weighted by atomic mass is 10.1. The van der Waals surface area contributed by atoms with Gasteiger partial charge in [-0.05, 0) is 23.7 Å². The van der Waals surface area contributed by atoms with Crippen LogP contribution >= 0.6 is 34.5 Å². The highest BCUT2D eigenvalue weighted by molar-refractivity contribution is 7.26. The van der Waals surface area contributed by atoms with Gasteiger partial charge in [0.05, 0.1) is 5.67 Å². The Morgan fingerprint density at radius 2 is 1.86 bits per heavy atom. The molecule has 110 valence electrons. The van der Waals surface area contributed by atoms with Gasteiger partial charge >= 0.3 is 0 Å². The number of halogens is 2. The predicted molar refractivity (Wildman–Crippen MR) is 99.4 cm³/mol. The first-order chi connectivity index (χ1) is 10.7. The first-order valence-corrected chi connectivity index (χ1v) is 8.12. The number of nitrogens with zero attached hydrogens (tertiary/aromatic N) is 3. The van der Waals surface area contributed by atoms with Crippen molar-refractivity contribution in [3.8, 4) is 0 Å². The van der Waals surface area contributed by atoms with Gasteiger partial charge in [0.25, 0.3) is 0 Å². The predicted octanol–water partition coefficient (Wildman–Crippen LogP) is 5.29. The Morgan fingerprint density at radius 3 is 2.64 bits per heavy atom. The van der Waals surface area contributed by atoms with Crippen LogP contribution in [0.15, 0.2) is 57.4 Å². The van der Waals surface area contributed by atoms with Crippen LogP contribution < -0.4 is 0 Å². The lowest BCUT2D eigenvalue weighted by molar-refractivity contribution is 1.39. The Hall–Kier alpha value is -1.75. The summed E-state index contributed by atoms with van der Waals surface area (Å²) in [6, 6.07) is 14.4. The molecule has 0 aliphatic rings. The van der Waals surface area contributed by atoms with Gasteiger partial charge in [-0.2, -0.15) is 4.99 Å². The van der Waals surface area contributed by atoms with Crippen LogP contribution in [0.1, 0.15) is 5.56 Å².